The van der Waals surface area contributed by atoms with E-state index in [0.29, 0.717) is 56.1 Å². The number of benzene rings is 3. The molecule has 0 unspecified atom stereocenters. The zero-order valence-electron chi connectivity index (χ0n) is 74.4. The highest BCUT2D eigenvalue weighted by Gasteiger charge is 2.31. The number of aryl methyl sites for hydroxylation is 5. The van der Waals surface area contributed by atoms with Gasteiger partial charge in [0.15, 0.2) is 20.2 Å². The van der Waals surface area contributed by atoms with Crippen molar-refractivity contribution in [3.8, 4) is 0 Å². The Kier molecular flexibility index (Phi) is 12.2. The van der Waals surface area contributed by atoms with Gasteiger partial charge in [0.05, 0.1) is 39.6 Å². The van der Waals surface area contributed by atoms with E-state index in [-0.39, 0.29) is 44.1 Å². The molecular formula is C60H63N9O15S6. The summed E-state index contributed by atoms with van der Waals surface area (Å²) in [6.45, 7) is -11.2. The third kappa shape index (κ3) is 15.4. The number of hydrogen-bond acceptors (Lipinski definition) is 21. The molecule has 24 nitrogen and oxygen atoms in total. The zero-order chi connectivity index (χ0) is 89.4. The number of sulfonamides is 3. The first-order chi connectivity index (χ1) is 53.1. The molecular weight excluding hydrogens is 1280 g/mol. The summed E-state index contributed by atoms with van der Waals surface area (Å²) in [5.74, 6) is -9.19. The number of nitrogens with one attached hydrogen (secondary N) is 6. The highest BCUT2D eigenvalue weighted by Crippen LogP contribution is 2.34. The molecule has 0 aliphatic rings. The average Bonchev–Trinajstić information content (AvgIpc) is 1.13. The standard InChI is InChI=1S/3C20H21N3O5S2/c3*1-10-8-11(2)17(15(9-10)14(5)24)21-19(25)18-16(6-7-29-18)30(26,27)23-20-12(3)13(4)22-28-20/h3*6-9,23H,1-5H3,(H,21,25)/i1D3,2D3,3D3,5D3,8D,9D;1D3,2D3,5D3,8D,9D;/hD2. The van der Waals surface area contributed by atoms with Gasteiger partial charge in [0.2, 0.25) is 17.7 Å². The molecule has 3 amide bonds. The van der Waals surface area contributed by atoms with Gasteiger partial charge >= 0.3 is 0 Å². The van der Waals surface area contributed by atoms with Gasteiger partial charge in [-0.05, 0) is 189 Å². The van der Waals surface area contributed by atoms with Crippen LogP contribution in [0.5, 0.6) is 0 Å². The predicted molar refractivity (Wildman–Crippen MR) is 345 cm³/mol. The van der Waals surface area contributed by atoms with Crippen LogP contribution >= 0.6 is 34.0 Å². The lowest BCUT2D eigenvalue weighted by Gasteiger charge is -2.14. The minimum atomic E-state index is -4.84. The average molecular weight is 1370 g/mol. The van der Waals surface area contributed by atoms with Crippen LogP contribution in [0.3, 0.4) is 0 Å². The molecule has 6 heterocycles. The number of carbonyl (C=O) groups is 6. The predicted octanol–water partition coefficient (Wildman–Crippen LogP) is 12.7. The lowest BCUT2D eigenvalue weighted by molar-refractivity contribution is 0.100. The van der Waals surface area contributed by atoms with Crippen molar-refractivity contribution >= 4 is 134 Å². The van der Waals surface area contributed by atoms with Gasteiger partial charge < -0.3 is 29.5 Å². The Morgan fingerprint density at radius 1 is 0.478 bits per heavy atom. The van der Waals surface area contributed by atoms with E-state index in [0.717, 1.165) is 34.4 Å². The fourth-order valence-electron chi connectivity index (χ4n) is 7.48. The summed E-state index contributed by atoms with van der Waals surface area (Å²) in [6, 6.07) is 1.24. The molecule has 0 aliphatic heterocycles. The number of carbonyl (C=O) groups excluding carboxylic acids is 6. The third-order valence-electron chi connectivity index (χ3n) is 12.1. The number of aromatic nitrogens is 3. The number of ketones is 3. The Morgan fingerprint density at radius 2 is 0.900 bits per heavy atom. The summed E-state index contributed by atoms with van der Waals surface area (Å²) in [6.07, 6.45) is 0. The number of anilines is 6. The second kappa shape index (κ2) is 27.4. The molecule has 0 spiro atoms. The smallest absolute Gasteiger partial charge is 0.267 e. The van der Waals surface area contributed by atoms with Gasteiger partial charge in [-0.25, -0.2) is 39.4 Å². The first kappa shape index (κ1) is 39.9. The van der Waals surface area contributed by atoms with Gasteiger partial charge in [-0.2, -0.15) is 0 Å². The fraction of sp³-hybridized carbons (Fsp3) is 0.250. The maximum atomic E-state index is 13.4. The molecule has 0 radical (unpaired) electrons. The topological polar surface area (TPSA) is 355 Å². The summed E-state index contributed by atoms with van der Waals surface area (Å²) in [5.41, 5.74) is -7.53. The van der Waals surface area contributed by atoms with Crippen LogP contribution < -0.4 is 30.1 Å². The lowest BCUT2D eigenvalue weighted by Crippen LogP contribution is -2.20. The monoisotopic (exact) mass is 1370 g/mol. The highest BCUT2D eigenvalue weighted by atomic mass is 32.2. The first-order valence-electron chi connectivity index (χ1n) is 38.2. The molecule has 90 heavy (non-hydrogen) atoms. The Bertz CT molecular complexity index is 5850. The van der Waals surface area contributed by atoms with E-state index in [1.165, 1.54) is 37.6 Å². The van der Waals surface area contributed by atoms with Crippen LogP contribution in [0.1, 0.15) is 182 Å². The van der Waals surface area contributed by atoms with E-state index in [9.17, 15) is 54.0 Å². The number of thiophene rings is 3. The first-order valence-corrected chi connectivity index (χ1v) is 31.8. The van der Waals surface area contributed by atoms with Crippen molar-refractivity contribution in [2.75, 3.05) is 30.1 Å². The molecule has 0 fully saturated rings. The number of hydrogen-bond donors (Lipinski definition) is 6. The molecule has 474 valence electrons. The van der Waals surface area contributed by atoms with Crippen LogP contribution in [-0.4, -0.2) is 75.8 Å². The maximum Gasteiger partial charge on any atom is 0.267 e. The van der Waals surface area contributed by atoms with E-state index < -0.39 is 212 Å². The molecule has 6 aromatic heterocycles. The van der Waals surface area contributed by atoms with Crippen LogP contribution in [-0.2, 0) is 30.1 Å². The van der Waals surface area contributed by atoms with Crippen LogP contribution in [0, 0.1) is 82.7 Å². The number of rotatable bonds is 18. The summed E-state index contributed by atoms with van der Waals surface area (Å²) in [5, 5.41) is 18.8. The summed E-state index contributed by atoms with van der Waals surface area (Å²) >= 11 is 1.87. The second-order valence-electron chi connectivity index (χ2n) is 18.5. The Morgan fingerprint density at radius 3 is 1.30 bits per heavy atom. The number of Topliss-reactive ketones (excluding diaryl/α,β-unsaturated/α-hetero) is 3. The normalized spacial score (nSPS) is 16.7. The lowest BCUT2D eigenvalue weighted by atomic mass is 10.0. The van der Waals surface area contributed by atoms with Crippen molar-refractivity contribution < 1.29 is 105 Å². The van der Waals surface area contributed by atoms with Crippen molar-refractivity contribution in [2.24, 2.45) is 0 Å². The van der Waals surface area contributed by atoms with Crippen molar-refractivity contribution in [3.05, 3.63) is 169 Å². The van der Waals surface area contributed by atoms with Crippen molar-refractivity contribution in [1.82, 2.24) is 15.5 Å². The van der Waals surface area contributed by atoms with Crippen molar-refractivity contribution in [3.63, 3.8) is 0 Å². The molecule has 30 heteroatoms. The van der Waals surface area contributed by atoms with E-state index in [1.54, 1.807) is 46.8 Å². The highest BCUT2D eigenvalue weighted by molar-refractivity contribution is 7.93. The summed E-state index contributed by atoms with van der Waals surface area (Å²) < 4.78 is 308. The van der Waals surface area contributed by atoms with Gasteiger partial charge in [-0.1, -0.05) is 33.6 Å². The molecule has 0 bridgehead atoms. The van der Waals surface area contributed by atoms with Gasteiger partial charge in [-0.15, -0.1) is 34.0 Å². The van der Waals surface area contributed by atoms with Gasteiger partial charge in [-0.3, -0.25) is 28.8 Å². The molecule has 9 rings (SSSR count). The second-order valence-corrected chi connectivity index (χ2v) is 26.2. The Hall–Kier alpha value is -8.94. The van der Waals surface area contributed by atoms with Crippen molar-refractivity contribution in [2.45, 2.75) is 118 Å². The summed E-state index contributed by atoms with van der Waals surface area (Å²) in [4.78, 5) is 74.6. The SMILES string of the molecule is [2H]N(C(=O)c1sccc1S(=O)(=O)N([2H])c1onc(C)c1C)c1c(C)cc(C)cc1C(C)=O.[2H]c1c(C(=O)C([2H])([2H])[2H])c(NC(=O)c2sccc2S(=O)(=O)Nc2onc(C)c2C([2H])([2H])[2H])c(C([2H])([2H])[2H])c([2H])c1C([2H])([2H])[2H].[2H]c1c(C(=O)C([2H])([2H])[2H])c(NC(=O)c2sccc2S(=O)(=O)Nc2onc(C)c2C)c(C([2H])([2H])[2H])c([2H])c1C([2H])([2H])[2H]. The molecule has 9 aromatic rings. The molecule has 6 N–H and O–H groups in total. The van der Waals surface area contributed by atoms with Gasteiger partial charge in [0, 0.05) is 62.2 Å². The number of nitrogens with zero attached hydrogens (tertiary/aromatic N) is 3. The minimum absolute atomic E-state index is 0.0780. The zero-order valence-corrected chi connectivity index (χ0v) is 52.3. The maximum absolute atomic E-state index is 13.4. The summed E-state index contributed by atoms with van der Waals surface area (Å²) in [7, 11) is -13.9. The molecule has 0 saturated heterocycles. The van der Waals surface area contributed by atoms with Gasteiger partial charge in [0.1, 0.15) is 29.3 Å². The third-order valence-corrected chi connectivity index (χ3v) is 19.3. The van der Waals surface area contributed by atoms with Crippen molar-refractivity contribution in [1.29, 1.82) is 0 Å². The van der Waals surface area contributed by atoms with Crippen LogP contribution in [0.4, 0.5) is 34.7 Å². The largest absolute Gasteiger partial charge is 0.337 e. The molecule has 0 saturated carbocycles. The molecule has 0 aliphatic carbocycles. The quantitative estimate of drug-likeness (QED) is 0.0435. The van der Waals surface area contributed by atoms with Crippen LogP contribution in [0.25, 0.3) is 0 Å². The van der Waals surface area contributed by atoms with E-state index in [4.69, 9.17) is 50.7 Å². The van der Waals surface area contributed by atoms with E-state index in [2.05, 4.69) is 20.2 Å². The minimum Gasteiger partial charge on any atom is -0.337 e. The van der Waals surface area contributed by atoms with E-state index >= 15 is 0 Å². The number of amides is 3. The van der Waals surface area contributed by atoms with Crippen LogP contribution in [0.2, 0.25) is 2.82 Å². The fourth-order valence-corrected chi connectivity index (χ4v) is 14.4. The molecule has 0 atom stereocenters. The Balaban J connectivity index is 0.000000245. The van der Waals surface area contributed by atoms with Gasteiger partial charge in [0.25, 0.3) is 47.8 Å². The Labute approximate surface area is 569 Å². The van der Waals surface area contributed by atoms with E-state index in [1.807, 2.05) is 15.4 Å². The molecule has 3 aromatic carbocycles. The van der Waals surface area contributed by atoms with Crippen LogP contribution in [0.15, 0.2) is 98.9 Å².